The minimum absolute atomic E-state index is 0.190. The number of hydrogen-bond acceptors (Lipinski definition) is 4. The average Bonchev–Trinajstić information content (AvgIpc) is 2.15. The summed E-state index contributed by atoms with van der Waals surface area (Å²) in [6.07, 6.45) is -3.20. The van der Waals surface area contributed by atoms with Crippen LogP contribution in [0.4, 0.5) is 14.5 Å². The van der Waals surface area contributed by atoms with E-state index in [1.807, 2.05) is 0 Å². The number of hydrogen-bond donors (Lipinski definition) is 1. The molecule has 1 aromatic heterocycles. The maximum atomic E-state index is 12.4. The van der Waals surface area contributed by atoms with Gasteiger partial charge in [-0.25, -0.2) is 18.6 Å². The van der Waals surface area contributed by atoms with E-state index in [4.69, 9.17) is 5.11 Å². The predicted molar refractivity (Wildman–Crippen MR) is 55.5 cm³/mol. The molecule has 9 heteroatoms. The molecule has 0 spiro atoms. The summed E-state index contributed by atoms with van der Waals surface area (Å²) in [5.41, 5.74) is -2.64. The van der Waals surface area contributed by atoms with Gasteiger partial charge in [-0.15, -0.1) is 0 Å². The molecule has 0 aliphatic rings. The van der Waals surface area contributed by atoms with Crippen molar-refractivity contribution in [1.82, 2.24) is 4.98 Å². The molecule has 0 aliphatic heterocycles. The Labute approximate surface area is 101 Å². The van der Waals surface area contributed by atoms with Crippen molar-refractivity contribution >= 4 is 34.2 Å². The number of halogens is 3. The lowest BCUT2D eigenvalue weighted by Crippen LogP contribution is -2.08. The second-order valence-corrected chi connectivity index (χ2v) is 3.75. The van der Waals surface area contributed by atoms with Gasteiger partial charge in [0.05, 0.1) is 8.49 Å². The van der Waals surface area contributed by atoms with Gasteiger partial charge in [0.1, 0.15) is 5.69 Å². The van der Waals surface area contributed by atoms with Crippen LogP contribution in [-0.2, 0) is 0 Å². The van der Waals surface area contributed by atoms with Crippen molar-refractivity contribution in [3.63, 3.8) is 0 Å². The largest absolute Gasteiger partial charge is 0.477 e. The number of rotatable bonds is 3. The average molecular weight is 344 g/mol. The molecule has 0 saturated heterocycles. The van der Waals surface area contributed by atoms with E-state index in [0.29, 0.717) is 0 Å². The third-order valence-corrected chi connectivity index (χ3v) is 2.40. The zero-order chi connectivity index (χ0) is 12.5. The van der Waals surface area contributed by atoms with E-state index in [9.17, 15) is 23.7 Å². The first kappa shape index (κ1) is 12.7. The minimum atomic E-state index is -3.20. The Morgan fingerprint density at radius 2 is 2.19 bits per heavy atom. The van der Waals surface area contributed by atoms with Gasteiger partial charge in [0.25, 0.3) is 6.43 Å². The van der Waals surface area contributed by atoms with Crippen LogP contribution in [0.2, 0.25) is 0 Å². The van der Waals surface area contributed by atoms with E-state index in [-0.39, 0.29) is 3.57 Å². The molecule has 0 saturated carbocycles. The standard InChI is InChI=1S/C7H3F2IN2O4/c8-6(9)4-5(12(15)16)2(10)1-3(11-4)7(13)14/h1,6H,(H,13,14). The highest BCUT2D eigenvalue weighted by atomic mass is 127. The summed E-state index contributed by atoms with van der Waals surface area (Å²) in [5, 5.41) is 19.1. The molecule has 1 aromatic rings. The highest BCUT2D eigenvalue weighted by Crippen LogP contribution is 2.31. The van der Waals surface area contributed by atoms with Crippen LogP contribution in [-0.4, -0.2) is 21.0 Å². The molecule has 0 bridgehead atoms. The second kappa shape index (κ2) is 4.63. The van der Waals surface area contributed by atoms with Crippen LogP contribution in [0.1, 0.15) is 22.6 Å². The number of aromatic nitrogens is 1. The molecule has 0 amide bonds. The zero-order valence-corrected chi connectivity index (χ0v) is 9.51. The fourth-order valence-electron chi connectivity index (χ4n) is 0.968. The number of carboxylic acid groups (broad SMARTS) is 1. The third-order valence-electron chi connectivity index (χ3n) is 1.58. The second-order valence-electron chi connectivity index (χ2n) is 2.59. The van der Waals surface area contributed by atoms with E-state index in [1.165, 1.54) is 22.6 Å². The van der Waals surface area contributed by atoms with Crippen molar-refractivity contribution in [2.45, 2.75) is 6.43 Å². The Balaban J connectivity index is 3.51. The van der Waals surface area contributed by atoms with E-state index < -0.39 is 34.4 Å². The van der Waals surface area contributed by atoms with Crippen LogP contribution in [0.3, 0.4) is 0 Å². The molecule has 86 valence electrons. The Hall–Kier alpha value is -1.39. The summed E-state index contributed by atoms with van der Waals surface area (Å²) in [6, 6.07) is 0.868. The van der Waals surface area contributed by atoms with Crippen LogP contribution in [0, 0.1) is 13.7 Å². The monoisotopic (exact) mass is 344 g/mol. The van der Waals surface area contributed by atoms with Gasteiger partial charge in [0.15, 0.2) is 5.69 Å². The van der Waals surface area contributed by atoms with Gasteiger partial charge in [-0.3, -0.25) is 10.1 Å². The lowest BCUT2D eigenvalue weighted by molar-refractivity contribution is -0.387. The van der Waals surface area contributed by atoms with Crippen molar-refractivity contribution in [1.29, 1.82) is 0 Å². The van der Waals surface area contributed by atoms with Gasteiger partial charge >= 0.3 is 11.7 Å². The molecular weight excluding hydrogens is 341 g/mol. The Morgan fingerprint density at radius 1 is 1.62 bits per heavy atom. The number of nitro groups is 1. The van der Waals surface area contributed by atoms with Crippen molar-refractivity contribution in [3.8, 4) is 0 Å². The maximum absolute atomic E-state index is 12.4. The van der Waals surface area contributed by atoms with Gasteiger partial charge in [-0.1, -0.05) is 0 Å². The van der Waals surface area contributed by atoms with Crippen LogP contribution < -0.4 is 0 Å². The summed E-state index contributed by atoms with van der Waals surface area (Å²) < 4.78 is 24.7. The number of aromatic carboxylic acids is 1. The Kier molecular flexibility index (Phi) is 3.67. The van der Waals surface area contributed by atoms with Crippen LogP contribution >= 0.6 is 22.6 Å². The quantitative estimate of drug-likeness (QED) is 0.516. The number of pyridine rings is 1. The van der Waals surface area contributed by atoms with Crippen LogP contribution in [0.15, 0.2) is 6.07 Å². The summed E-state index contributed by atoms with van der Waals surface area (Å²) in [4.78, 5) is 23.1. The first-order valence-corrected chi connectivity index (χ1v) is 4.78. The molecule has 0 atom stereocenters. The third kappa shape index (κ3) is 2.40. The lowest BCUT2D eigenvalue weighted by Gasteiger charge is -2.04. The highest BCUT2D eigenvalue weighted by molar-refractivity contribution is 14.1. The van der Waals surface area contributed by atoms with E-state index in [1.54, 1.807) is 0 Å². The molecule has 0 unspecified atom stereocenters. The predicted octanol–water partition coefficient (Wildman–Crippen LogP) is 2.23. The van der Waals surface area contributed by atoms with Gasteiger partial charge in [-0.05, 0) is 28.7 Å². The Morgan fingerprint density at radius 3 is 2.56 bits per heavy atom. The lowest BCUT2D eigenvalue weighted by atomic mass is 10.2. The molecule has 0 aliphatic carbocycles. The van der Waals surface area contributed by atoms with Crippen LogP contribution in [0.5, 0.6) is 0 Å². The number of carbonyl (C=O) groups is 1. The van der Waals surface area contributed by atoms with E-state index in [0.717, 1.165) is 6.07 Å². The molecule has 1 N–H and O–H groups in total. The van der Waals surface area contributed by atoms with Crippen molar-refractivity contribution < 1.29 is 23.6 Å². The maximum Gasteiger partial charge on any atom is 0.354 e. The highest BCUT2D eigenvalue weighted by Gasteiger charge is 2.29. The molecule has 0 fully saturated rings. The van der Waals surface area contributed by atoms with Gasteiger partial charge in [-0.2, -0.15) is 0 Å². The molecule has 16 heavy (non-hydrogen) atoms. The molecule has 0 radical (unpaired) electrons. The van der Waals surface area contributed by atoms with E-state index in [2.05, 4.69) is 4.98 Å². The van der Waals surface area contributed by atoms with Gasteiger partial charge in [0, 0.05) is 0 Å². The van der Waals surface area contributed by atoms with Crippen molar-refractivity contribution in [2.75, 3.05) is 0 Å². The smallest absolute Gasteiger partial charge is 0.354 e. The van der Waals surface area contributed by atoms with Crippen LogP contribution in [0.25, 0.3) is 0 Å². The molecule has 6 nitrogen and oxygen atoms in total. The number of alkyl halides is 2. The SMILES string of the molecule is O=C(O)c1cc(I)c([N+](=O)[O-])c(C(F)F)n1. The molecule has 1 heterocycles. The van der Waals surface area contributed by atoms with Gasteiger partial charge < -0.3 is 5.11 Å². The summed E-state index contributed by atoms with van der Waals surface area (Å²) in [6.45, 7) is 0. The fraction of sp³-hybridized carbons (Fsp3) is 0.143. The minimum Gasteiger partial charge on any atom is -0.477 e. The Bertz CT molecular complexity index is 466. The number of nitrogens with zero attached hydrogens (tertiary/aromatic N) is 2. The summed E-state index contributed by atoms with van der Waals surface area (Å²) >= 11 is 1.42. The summed E-state index contributed by atoms with van der Waals surface area (Å²) in [7, 11) is 0. The molecular formula is C7H3F2IN2O4. The first-order valence-electron chi connectivity index (χ1n) is 3.71. The van der Waals surface area contributed by atoms with E-state index >= 15 is 0 Å². The van der Waals surface area contributed by atoms with Crippen molar-refractivity contribution in [3.05, 3.63) is 31.1 Å². The zero-order valence-electron chi connectivity index (χ0n) is 7.35. The summed E-state index contributed by atoms with van der Waals surface area (Å²) in [5.74, 6) is -1.52. The number of carboxylic acids is 1. The normalized spacial score (nSPS) is 10.5. The fourth-order valence-corrected chi connectivity index (χ4v) is 1.74. The topological polar surface area (TPSA) is 93.3 Å². The molecule has 0 aromatic carbocycles. The first-order chi connectivity index (χ1) is 7.34. The molecule has 1 rings (SSSR count). The van der Waals surface area contributed by atoms with Gasteiger partial charge in [0.2, 0.25) is 0 Å². The van der Waals surface area contributed by atoms with Crippen molar-refractivity contribution in [2.24, 2.45) is 0 Å².